The van der Waals surface area contributed by atoms with Crippen LogP contribution in [-0.4, -0.2) is 4.70 Å². The first-order valence-electron chi connectivity index (χ1n) is 0.964. The Labute approximate surface area is 40.2 Å². The van der Waals surface area contributed by atoms with Crippen LogP contribution in [-0.2, 0) is 0 Å². The molecule has 0 radical (unpaired) electrons. The number of hydrogen-bond acceptors (Lipinski definition) is 4. The minimum absolute atomic E-state index is 1.18. The maximum Gasteiger partial charge on any atom is 0.0509 e. The lowest BCUT2D eigenvalue weighted by Gasteiger charge is -1.77. The van der Waals surface area contributed by atoms with Crippen LogP contribution in [0.2, 0.25) is 0 Å². The molecule has 5 heavy (non-hydrogen) atoms. The average Bonchev–Trinajstić information content (AvgIpc) is 1.41. The highest BCUT2D eigenvalue weighted by atomic mass is 32.2. The minimum Gasteiger partial charge on any atom is -0.261 e. The second-order valence-corrected chi connectivity index (χ2v) is 1.57. The van der Waals surface area contributed by atoms with Crippen molar-refractivity contribution in [2.45, 2.75) is 0 Å². The third-order valence-corrected chi connectivity index (χ3v) is 0.637. The van der Waals surface area contributed by atoms with Crippen LogP contribution in [0.25, 0.3) is 0 Å². The van der Waals surface area contributed by atoms with E-state index < -0.39 is 0 Å². The summed E-state index contributed by atoms with van der Waals surface area (Å²) in [7, 11) is 0. The number of rotatable bonds is 2. The van der Waals surface area contributed by atoms with E-state index >= 15 is 0 Å². The predicted octanol–water partition coefficient (Wildman–Crippen LogP) is 0.0551. The van der Waals surface area contributed by atoms with Gasteiger partial charge in [0.2, 0.25) is 0 Å². The van der Waals surface area contributed by atoms with Gasteiger partial charge in [0.15, 0.2) is 0 Å². The van der Waals surface area contributed by atoms with Crippen LogP contribution in [0.3, 0.4) is 0 Å². The van der Waals surface area contributed by atoms with Gasteiger partial charge in [-0.3, -0.25) is 5.84 Å². The van der Waals surface area contributed by atoms with Crippen molar-refractivity contribution in [3.05, 3.63) is 0 Å². The fourth-order valence-corrected chi connectivity index (χ4v) is 0.250. The van der Waals surface area contributed by atoms with Gasteiger partial charge in [-0.15, -0.1) is 0 Å². The van der Waals surface area contributed by atoms with E-state index in [2.05, 4.69) is 17.0 Å². The predicted molar refractivity (Wildman–Crippen MR) is 28.6 cm³/mol. The molecule has 0 atom stereocenters. The molecule has 0 aliphatic carbocycles. The monoisotopic (exact) mass is 108 g/mol. The number of nitrogens with one attached hydrogen (secondary N) is 1. The first kappa shape index (κ1) is 5.36. The largest absolute Gasteiger partial charge is 0.261 e. The van der Waals surface area contributed by atoms with E-state index in [4.69, 9.17) is 5.84 Å². The zero-order valence-electron chi connectivity index (χ0n) is 2.47. The van der Waals surface area contributed by atoms with Crippen LogP contribution in [0.4, 0.5) is 0 Å². The topological polar surface area (TPSA) is 38.0 Å². The van der Waals surface area contributed by atoms with Gasteiger partial charge in [-0.05, 0) is 11.9 Å². The SMILES string of the molecule is NNSC=S. The first-order chi connectivity index (χ1) is 2.41. The van der Waals surface area contributed by atoms with Gasteiger partial charge < -0.3 is 0 Å². The summed E-state index contributed by atoms with van der Waals surface area (Å²) in [5.41, 5.74) is 0. The molecular formula is CH4N2S2. The molecule has 0 amide bonds. The zero-order chi connectivity index (χ0) is 4.12. The van der Waals surface area contributed by atoms with Crippen LogP contribution in [0, 0.1) is 0 Å². The second kappa shape index (κ2) is 4.36. The highest BCUT2D eigenvalue weighted by molar-refractivity contribution is 8.19. The average molecular weight is 108 g/mol. The Morgan fingerprint density at radius 2 is 2.60 bits per heavy atom. The Balaban J connectivity index is 2.40. The molecule has 30 valence electrons. The zero-order valence-corrected chi connectivity index (χ0v) is 4.10. The molecule has 3 N–H and O–H groups in total. The molecule has 4 heteroatoms. The summed E-state index contributed by atoms with van der Waals surface area (Å²) in [6.07, 6.45) is 0. The highest BCUT2D eigenvalue weighted by Gasteiger charge is 1.59. The van der Waals surface area contributed by atoms with Crippen molar-refractivity contribution in [2.24, 2.45) is 5.84 Å². The van der Waals surface area contributed by atoms with Gasteiger partial charge in [-0.1, -0.05) is 12.2 Å². The van der Waals surface area contributed by atoms with Gasteiger partial charge in [-0.25, -0.2) is 0 Å². The van der Waals surface area contributed by atoms with Gasteiger partial charge in [0.1, 0.15) is 0 Å². The Bertz CT molecular complexity index is 28.8. The number of hydrogen-bond donors (Lipinski definition) is 2. The molecule has 0 heterocycles. The molecule has 0 aromatic rings. The van der Waals surface area contributed by atoms with E-state index in [9.17, 15) is 0 Å². The summed E-state index contributed by atoms with van der Waals surface area (Å²) < 4.78 is 1.44. The van der Waals surface area contributed by atoms with Crippen molar-refractivity contribution in [3.63, 3.8) is 0 Å². The third kappa shape index (κ3) is 4.36. The van der Waals surface area contributed by atoms with E-state index in [1.54, 1.807) is 0 Å². The molecule has 0 aromatic carbocycles. The van der Waals surface area contributed by atoms with Crippen LogP contribution in [0.15, 0.2) is 0 Å². The lowest BCUT2D eigenvalue weighted by Crippen LogP contribution is -2.10. The molecule has 0 spiro atoms. The summed E-state index contributed by atoms with van der Waals surface area (Å²) in [4.78, 5) is 2.27. The highest BCUT2D eigenvalue weighted by Crippen LogP contribution is 1.76. The van der Waals surface area contributed by atoms with Crippen molar-refractivity contribution in [1.29, 1.82) is 0 Å². The molecular weight excluding hydrogens is 104 g/mol. The van der Waals surface area contributed by atoms with Crippen LogP contribution >= 0.6 is 24.2 Å². The van der Waals surface area contributed by atoms with Crippen LogP contribution in [0.5, 0.6) is 0 Å². The van der Waals surface area contributed by atoms with E-state index in [1.807, 2.05) is 0 Å². The lowest BCUT2D eigenvalue weighted by atomic mass is 11.9. The van der Waals surface area contributed by atoms with Crippen molar-refractivity contribution in [2.75, 3.05) is 0 Å². The molecule has 0 saturated carbocycles. The Morgan fingerprint density at radius 3 is 2.60 bits per heavy atom. The quantitative estimate of drug-likeness (QED) is 0.227. The molecule has 0 aromatic heterocycles. The van der Waals surface area contributed by atoms with E-state index in [1.165, 1.54) is 16.6 Å². The van der Waals surface area contributed by atoms with Gasteiger partial charge in [-0.2, -0.15) is 4.83 Å². The Hall–Kier alpha value is 0.360. The van der Waals surface area contributed by atoms with Gasteiger partial charge in [0.25, 0.3) is 0 Å². The number of nitrogens with two attached hydrogens (primary N) is 1. The Kier molecular flexibility index (Phi) is 4.67. The van der Waals surface area contributed by atoms with Crippen molar-refractivity contribution in [1.82, 2.24) is 4.83 Å². The van der Waals surface area contributed by atoms with Gasteiger partial charge in [0, 0.05) is 0 Å². The third-order valence-electron chi connectivity index (χ3n) is 0.116. The maximum absolute atomic E-state index is 4.75. The van der Waals surface area contributed by atoms with E-state index in [-0.39, 0.29) is 0 Å². The molecule has 0 unspecified atom stereocenters. The number of thiocarbonyl (C=S) groups is 1. The molecule has 0 aliphatic heterocycles. The number of hydrazine groups is 1. The molecule has 0 rings (SSSR count). The molecule has 0 fully saturated rings. The van der Waals surface area contributed by atoms with Gasteiger partial charge in [0.05, 0.1) is 4.70 Å². The summed E-state index contributed by atoms with van der Waals surface area (Å²) in [5.74, 6) is 4.75. The first-order valence-corrected chi connectivity index (χ1v) is 2.32. The van der Waals surface area contributed by atoms with Gasteiger partial charge >= 0.3 is 0 Å². The fourth-order valence-electron chi connectivity index (χ4n) is 0.0278. The summed E-state index contributed by atoms with van der Waals surface area (Å²) >= 11 is 5.53. The molecule has 0 saturated heterocycles. The molecule has 0 bridgehead atoms. The summed E-state index contributed by atoms with van der Waals surface area (Å²) in [6.45, 7) is 0. The van der Waals surface area contributed by atoms with E-state index in [0.717, 1.165) is 0 Å². The summed E-state index contributed by atoms with van der Waals surface area (Å²) in [5, 5.41) is 0. The molecule has 2 nitrogen and oxygen atoms in total. The Morgan fingerprint density at radius 1 is 2.00 bits per heavy atom. The van der Waals surface area contributed by atoms with Crippen LogP contribution < -0.4 is 10.7 Å². The maximum atomic E-state index is 4.75. The smallest absolute Gasteiger partial charge is 0.0509 e. The summed E-state index contributed by atoms with van der Waals surface area (Å²) in [6, 6.07) is 0. The fraction of sp³-hybridized carbons (Fsp3) is 0. The van der Waals surface area contributed by atoms with E-state index in [0.29, 0.717) is 0 Å². The van der Waals surface area contributed by atoms with Crippen LogP contribution in [0.1, 0.15) is 0 Å². The van der Waals surface area contributed by atoms with Crippen molar-refractivity contribution < 1.29 is 0 Å². The van der Waals surface area contributed by atoms with Crippen molar-refractivity contribution in [3.8, 4) is 0 Å². The lowest BCUT2D eigenvalue weighted by molar-refractivity contribution is 1.13. The minimum atomic E-state index is 1.18. The molecule has 0 aliphatic rings. The van der Waals surface area contributed by atoms with Crippen molar-refractivity contribution >= 4 is 28.9 Å². The normalized spacial score (nSPS) is 7.40. The second-order valence-electron chi connectivity index (χ2n) is 0.332. The standard InChI is InChI=1S/CH4N2S2/c2-3-5-1-4/h1,3H,2H2.